The first-order valence-electron chi connectivity index (χ1n) is 16.8. The van der Waals surface area contributed by atoms with Crippen molar-refractivity contribution in [3.05, 3.63) is 61.4 Å². The number of aliphatic hydroxyl groups is 2. The molecule has 4 N–H and O–H groups in total. The Hall–Kier alpha value is -3.99. The third kappa shape index (κ3) is 7.18. The number of fused-ring (bicyclic) bond motifs is 3. The van der Waals surface area contributed by atoms with Gasteiger partial charge in [-0.2, -0.15) is 0 Å². The summed E-state index contributed by atoms with van der Waals surface area (Å²) in [4.78, 5) is 39.0. The van der Waals surface area contributed by atoms with Gasteiger partial charge in [-0.25, -0.2) is 4.79 Å². The highest BCUT2D eigenvalue weighted by Gasteiger charge is 2.49. The number of rotatable bonds is 11. The van der Waals surface area contributed by atoms with E-state index < -0.39 is 40.2 Å². The number of allylic oxidation sites excluding steroid dienone is 2. The van der Waals surface area contributed by atoms with Gasteiger partial charge in [-0.15, -0.1) is 0 Å². The number of aliphatic hydroxyl groups excluding tert-OH is 1. The summed E-state index contributed by atoms with van der Waals surface area (Å²) in [5.41, 5.74) is -0.805. The highest BCUT2D eigenvalue weighted by atomic mass is 16.5. The van der Waals surface area contributed by atoms with Gasteiger partial charge in [0.25, 0.3) is 0 Å². The lowest BCUT2D eigenvalue weighted by Gasteiger charge is -2.52. The number of aromatic hydroxyl groups is 1. The molecule has 1 aromatic heterocycles. The van der Waals surface area contributed by atoms with Crippen molar-refractivity contribution in [1.82, 2.24) is 0 Å². The molecule has 0 bridgehead atoms. The topological polar surface area (TPSA) is 164 Å². The van der Waals surface area contributed by atoms with Crippen LogP contribution in [0, 0.1) is 11.8 Å². The lowest BCUT2D eigenvalue weighted by molar-refractivity contribution is -0.243. The number of hydrogen-bond donors (Lipinski definition) is 4. The summed E-state index contributed by atoms with van der Waals surface area (Å²) in [6.07, 6.45) is 10.5. The number of ketones is 1. The molecule has 0 spiro atoms. The Morgan fingerprint density at radius 3 is 2.43 bits per heavy atom. The number of carbonyl (C=O) groups excluding carboxylic acids is 1. The quantitative estimate of drug-likeness (QED) is 0.198. The number of carboxylic acid groups (broad SMARTS) is 1. The molecule has 10 heteroatoms. The number of ether oxygens (including phenoxy) is 2. The summed E-state index contributed by atoms with van der Waals surface area (Å²) in [7, 11) is 0. The van der Waals surface area contributed by atoms with E-state index >= 15 is 0 Å². The van der Waals surface area contributed by atoms with Gasteiger partial charge in [0.1, 0.15) is 33.5 Å². The molecule has 5 atom stereocenters. The van der Waals surface area contributed by atoms with Crippen molar-refractivity contribution in [2.75, 3.05) is 0 Å². The molecule has 1 aliphatic carbocycles. The average Bonchev–Trinajstić information content (AvgIpc) is 2.99. The average molecular weight is 677 g/mol. The molecule has 1 saturated heterocycles. The SMILES string of the molecule is CC(C)=CCc1c2c(c(O)c3c(=O)c4c(oc13)=CC(=O)C(C[C@H]1[C@H](C/C=C(/C)C(=O)O)OC1(C)C)C=4)C=C[C@](C)(CCC(O)C(C)(C)O)O2. The lowest BCUT2D eigenvalue weighted by Crippen LogP contribution is -2.57. The summed E-state index contributed by atoms with van der Waals surface area (Å²) in [6, 6.07) is 0. The first-order chi connectivity index (χ1) is 22.7. The number of carbonyl (C=O) groups is 2. The standard InChI is InChI=1S/C39H48O10/c1-20(2)9-11-24-34-23(13-15-39(8,49-34)16-14-30(41)37(4,5)46)32(42)31-33(43)25-17-22(27(40)19-29(25)47-35(24)31)18-26-28(48-38(26,6)7)12-10-21(3)36(44)45/h9-10,13,15,17,19,22,26,28,30,41-42,46H,11-12,14,16,18H2,1-8H3,(H,44,45)/b21-10-/t22?,26-,28-,30?,39+/m0/s1. The highest BCUT2D eigenvalue weighted by Crippen LogP contribution is 2.46. The van der Waals surface area contributed by atoms with E-state index in [9.17, 15) is 34.8 Å². The smallest absolute Gasteiger partial charge is 0.330 e. The van der Waals surface area contributed by atoms with Gasteiger partial charge in [0.05, 0.1) is 34.2 Å². The fourth-order valence-corrected chi connectivity index (χ4v) is 6.91. The number of hydrogen-bond acceptors (Lipinski definition) is 9. The number of Topliss-reactive ketones (excluding diaryl/α,β-unsaturated/α-hetero) is 1. The Labute approximate surface area is 285 Å². The molecule has 0 amide bonds. The van der Waals surface area contributed by atoms with Crippen LogP contribution >= 0.6 is 0 Å². The van der Waals surface area contributed by atoms with E-state index in [1.165, 1.54) is 13.0 Å². The van der Waals surface area contributed by atoms with Crippen LogP contribution in [0.3, 0.4) is 0 Å². The van der Waals surface area contributed by atoms with Gasteiger partial charge < -0.3 is 34.3 Å². The van der Waals surface area contributed by atoms with Crippen LogP contribution in [-0.4, -0.2) is 61.2 Å². The molecule has 1 fully saturated rings. The Morgan fingerprint density at radius 1 is 1.12 bits per heavy atom. The maximum absolute atomic E-state index is 14.2. The van der Waals surface area contributed by atoms with Crippen molar-refractivity contribution >= 4 is 40.9 Å². The molecular formula is C39H48O10. The molecule has 3 heterocycles. The van der Waals surface area contributed by atoms with Crippen LogP contribution in [-0.2, 0) is 20.7 Å². The van der Waals surface area contributed by atoms with Crippen molar-refractivity contribution in [3.8, 4) is 11.5 Å². The van der Waals surface area contributed by atoms with Crippen LogP contribution in [0.15, 0.2) is 38.6 Å². The maximum Gasteiger partial charge on any atom is 0.330 e. The van der Waals surface area contributed by atoms with Crippen LogP contribution in [0.1, 0.15) is 92.2 Å². The van der Waals surface area contributed by atoms with Crippen LogP contribution in [0.4, 0.5) is 0 Å². The number of aliphatic carboxylic acids is 1. The molecule has 264 valence electrons. The predicted octanol–water partition coefficient (Wildman–Crippen LogP) is 4.45. The Balaban J connectivity index is 1.58. The van der Waals surface area contributed by atoms with Crippen LogP contribution in [0.2, 0.25) is 0 Å². The normalized spacial score (nSPS) is 24.9. The summed E-state index contributed by atoms with van der Waals surface area (Å²) in [5.74, 6) is -1.87. The second kappa shape index (κ2) is 13.0. The first-order valence-corrected chi connectivity index (χ1v) is 16.8. The Kier molecular flexibility index (Phi) is 9.66. The number of benzene rings is 1. The molecule has 1 aromatic carbocycles. The van der Waals surface area contributed by atoms with Crippen molar-refractivity contribution in [1.29, 1.82) is 0 Å². The largest absolute Gasteiger partial charge is 0.506 e. The molecule has 10 nitrogen and oxygen atoms in total. The molecule has 5 rings (SSSR count). The fourth-order valence-electron chi connectivity index (χ4n) is 6.91. The second-order valence-corrected chi connectivity index (χ2v) is 15.3. The van der Waals surface area contributed by atoms with Gasteiger partial charge in [0, 0.05) is 29.0 Å². The minimum absolute atomic E-state index is 0.00109. The number of phenolic OH excluding ortho intramolecular Hbond substituents is 1. The summed E-state index contributed by atoms with van der Waals surface area (Å²) < 4.78 is 18.9. The van der Waals surface area contributed by atoms with E-state index in [0.717, 1.165) is 5.57 Å². The molecule has 3 aliphatic rings. The van der Waals surface area contributed by atoms with Gasteiger partial charge in [-0.1, -0.05) is 23.8 Å². The predicted molar refractivity (Wildman–Crippen MR) is 187 cm³/mol. The Morgan fingerprint density at radius 2 is 1.82 bits per heavy atom. The van der Waals surface area contributed by atoms with Crippen LogP contribution in [0.25, 0.3) is 29.2 Å². The van der Waals surface area contributed by atoms with Crippen LogP contribution in [0.5, 0.6) is 11.5 Å². The zero-order valence-electron chi connectivity index (χ0n) is 29.5. The minimum Gasteiger partial charge on any atom is -0.506 e. The minimum atomic E-state index is -1.29. The van der Waals surface area contributed by atoms with E-state index in [4.69, 9.17) is 13.9 Å². The van der Waals surface area contributed by atoms with E-state index in [2.05, 4.69) is 0 Å². The van der Waals surface area contributed by atoms with Crippen molar-refractivity contribution in [2.45, 2.75) is 117 Å². The zero-order chi connectivity index (χ0) is 36.2. The molecule has 2 aromatic rings. The van der Waals surface area contributed by atoms with E-state index in [-0.39, 0.29) is 57.2 Å². The molecule has 0 saturated carbocycles. The molecule has 0 radical (unpaired) electrons. The van der Waals surface area contributed by atoms with Gasteiger partial charge in [0.2, 0.25) is 5.43 Å². The zero-order valence-corrected chi connectivity index (χ0v) is 29.5. The number of phenols is 1. The molecular weight excluding hydrogens is 628 g/mol. The summed E-state index contributed by atoms with van der Waals surface area (Å²) >= 11 is 0. The molecule has 2 unspecified atom stereocenters. The fraction of sp³-hybridized carbons (Fsp3) is 0.513. The maximum atomic E-state index is 14.2. The van der Waals surface area contributed by atoms with E-state index in [1.807, 2.05) is 40.7 Å². The van der Waals surface area contributed by atoms with Crippen molar-refractivity contribution in [2.24, 2.45) is 11.8 Å². The van der Waals surface area contributed by atoms with E-state index in [0.29, 0.717) is 42.6 Å². The van der Waals surface area contributed by atoms with Gasteiger partial charge >= 0.3 is 5.97 Å². The van der Waals surface area contributed by atoms with E-state index in [1.54, 1.807) is 38.2 Å². The highest BCUT2D eigenvalue weighted by molar-refractivity contribution is 6.11. The molecule has 49 heavy (non-hydrogen) atoms. The van der Waals surface area contributed by atoms with Gasteiger partial charge in [-0.05, 0) is 99.6 Å². The lowest BCUT2D eigenvalue weighted by atomic mass is 9.72. The monoisotopic (exact) mass is 676 g/mol. The third-order valence-corrected chi connectivity index (χ3v) is 10.1. The summed E-state index contributed by atoms with van der Waals surface area (Å²) in [5, 5.41) is 41.7. The van der Waals surface area contributed by atoms with Gasteiger partial charge in [-0.3, -0.25) is 9.59 Å². The second-order valence-electron chi connectivity index (χ2n) is 15.3. The van der Waals surface area contributed by atoms with Crippen LogP contribution < -0.4 is 20.8 Å². The molecule has 2 aliphatic heterocycles. The van der Waals surface area contributed by atoms with Crippen molar-refractivity contribution < 1.29 is 43.9 Å². The third-order valence-electron chi connectivity index (χ3n) is 10.1. The van der Waals surface area contributed by atoms with Crippen molar-refractivity contribution in [3.63, 3.8) is 0 Å². The first kappa shape index (κ1) is 36.3. The summed E-state index contributed by atoms with van der Waals surface area (Å²) in [6.45, 7) is 14.2. The number of carboxylic acids is 1. The van der Waals surface area contributed by atoms with Gasteiger partial charge in [0.15, 0.2) is 5.78 Å². The Bertz CT molecular complexity index is 1960.